The van der Waals surface area contributed by atoms with Gasteiger partial charge in [-0.1, -0.05) is 26.0 Å². The zero-order valence-electron chi connectivity index (χ0n) is 19.0. The monoisotopic (exact) mass is 428 g/mol. The highest BCUT2D eigenvalue weighted by molar-refractivity contribution is 6.21. The van der Waals surface area contributed by atoms with E-state index in [2.05, 4.69) is 40.1 Å². The van der Waals surface area contributed by atoms with Crippen LogP contribution in [0.3, 0.4) is 0 Å². The number of aromatic nitrogens is 1. The predicted molar refractivity (Wildman–Crippen MR) is 129 cm³/mol. The first-order valence-electron chi connectivity index (χ1n) is 11.1. The van der Waals surface area contributed by atoms with Crippen molar-refractivity contribution >= 4 is 34.4 Å². The van der Waals surface area contributed by atoms with E-state index in [0.717, 1.165) is 59.6 Å². The van der Waals surface area contributed by atoms with Crippen LogP contribution in [0.5, 0.6) is 0 Å². The Morgan fingerprint density at radius 2 is 1.91 bits per heavy atom. The lowest BCUT2D eigenvalue weighted by atomic mass is 9.70. The average molecular weight is 429 g/mol. The van der Waals surface area contributed by atoms with Crippen LogP contribution >= 0.6 is 0 Å². The molecule has 6 nitrogen and oxygen atoms in total. The summed E-state index contributed by atoms with van der Waals surface area (Å²) < 4.78 is 0. The third kappa shape index (κ3) is 3.01. The summed E-state index contributed by atoms with van der Waals surface area (Å²) in [5.74, 6) is -0.0352. The maximum Gasteiger partial charge on any atom is 0.195 e. The van der Waals surface area contributed by atoms with E-state index in [-0.39, 0.29) is 11.6 Å². The van der Waals surface area contributed by atoms with Crippen LogP contribution in [-0.4, -0.2) is 56.0 Å². The number of ketones is 2. The standard InChI is InChI=1S/C26H28N4O2/c1-15(31)18-12-19-20(13-22(18)30-9-7-28-8-10-30)26(2,3)25-23(24(19)32)17-6-5-16(14-27-4)11-21(17)29-25/h5-6,11-14,28-29H,7-10H2,1-4H3/b27-14-. The molecule has 1 aliphatic carbocycles. The SMILES string of the molecule is C/N=C\c1ccc2c3c([nH]c2c1)C(C)(C)c1cc(N2CCNCC2)c(C(C)=O)cc1C3=O. The van der Waals surface area contributed by atoms with E-state index in [1.54, 1.807) is 20.2 Å². The highest BCUT2D eigenvalue weighted by Crippen LogP contribution is 2.45. The Kier molecular flexibility index (Phi) is 4.78. The molecular formula is C26H28N4O2. The van der Waals surface area contributed by atoms with Gasteiger partial charge in [-0.05, 0) is 36.2 Å². The second-order valence-corrected chi connectivity index (χ2v) is 9.23. The zero-order valence-corrected chi connectivity index (χ0v) is 19.0. The van der Waals surface area contributed by atoms with Gasteiger partial charge in [0.25, 0.3) is 0 Å². The molecule has 0 amide bonds. The number of carbonyl (C=O) groups excluding carboxylic acids is 2. The molecule has 2 aliphatic rings. The third-order valence-corrected chi connectivity index (χ3v) is 6.84. The molecule has 1 aromatic heterocycles. The summed E-state index contributed by atoms with van der Waals surface area (Å²) in [6.07, 6.45) is 1.81. The van der Waals surface area contributed by atoms with Gasteiger partial charge in [-0.25, -0.2) is 0 Å². The van der Waals surface area contributed by atoms with Crippen LogP contribution < -0.4 is 10.2 Å². The second-order valence-electron chi connectivity index (χ2n) is 9.23. The number of piperazine rings is 1. The third-order valence-electron chi connectivity index (χ3n) is 6.84. The predicted octanol–water partition coefficient (Wildman–Crippen LogP) is 3.70. The summed E-state index contributed by atoms with van der Waals surface area (Å²) in [6.45, 7) is 9.32. The Labute approximate surface area is 187 Å². The van der Waals surface area contributed by atoms with E-state index < -0.39 is 5.41 Å². The quantitative estimate of drug-likeness (QED) is 0.493. The normalized spacial score (nSPS) is 17.6. The molecule has 5 rings (SSSR count). The highest BCUT2D eigenvalue weighted by atomic mass is 16.1. The Morgan fingerprint density at radius 1 is 1.16 bits per heavy atom. The number of aromatic amines is 1. The molecule has 1 saturated heterocycles. The van der Waals surface area contributed by atoms with Gasteiger partial charge in [0.1, 0.15) is 0 Å². The van der Waals surface area contributed by atoms with Gasteiger partial charge in [0.15, 0.2) is 11.6 Å². The molecular weight excluding hydrogens is 400 g/mol. The van der Waals surface area contributed by atoms with Crippen molar-refractivity contribution in [1.29, 1.82) is 0 Å². The number of benzene rings is 2. The molecule has 1 fully saturated rings. The van der Waals surface area contributed by atoms with Gasteiger partial charge in [-0.2, -0.15) is 0 Å². The Hall–Kier alpha value is -3.25. The van der Waals surface area contributed by atoms with Gasteiger partial charge in [-0.3, -0.25) is 14.6 Å². The molecule has 164 valence electrons. The van der Waals surface area contributed by atoms with Gasteiger partial charge < -0.3 is 15.2 Å². The molecule has 2 N–H and O–H groups in total. The molecule has 2 aromatic carbocycles. The van der Waals surface area contributed by atoms with Gasteiger partial charge in [-0.15, -0.1) is 0 Å². The minimum atomic E-state index is -0.408. The molecule has 2 heterocycles. The summed E-state index contributed by atoms with van der Waals surface area (Å²) in [5, 5.41) is 4.28. The van der Waals surface area contributed by atoms with Crippen molar-refractivity contribution in [1.82, 2.24) is 10.3 Å². The summed E-state index contributed by atoms with van der Waals surface area (Å²) in [6, 6.07) is 9.91. The fourth-order valence-corrected chi connectivity index (χ4v) is 5.16. The van der Waals surface area contributed by atoms with Crippen molar-refractivity contribution < 1.29 is 9.59 Å². The van der Waals surface area contributed by atoms with E-state index in [9.17, 15) is 9.59 Å². The first-order chi connectivity index (χ1) is 15.3. The van der Waals surface area contributed by atoms with Gasteiger partial charge >= 0.3 is 0 Å². The lowest BCUT2D eigenvalue weighted by Crippen LogP contribution is -2.44. The van der Waals surface area contributed by atoms with Crippen molar-refractivity contribution in [3.8, 4) is 0 Å². The fourth-order valence-electron chi connectivity index (χ4n) is 5.16. The average Bonchev–Trinajstić information content (AvgIpc) is 3.18. The molecule has 32 heavy (non-hydrogen) atoms. The van der Waals surface area contributed by atoms with Crippen LogP contribution in [0.25, 0.3) is 10.9 Å². The van der Waals surface area contributed by atoms with Crippen molar-refractivity contribution in [2.75, 3.05) is 38.1 Å². The van der Waals surface area contributed by atoms with Crippen LogP contribution in [0.1, 0.15) is 63.9 Å². The van der Waals surface area contributed by atoms with E-state index in [1.807, 2.05) is 24.3 Å². The molecule has 0 unspecified atom stereocenters. The maximum atomic E-state index is 13.8. The molecule has 1 aliphatic heterocycles. The molecule has 0 radical (unpaired) electrons. The smallest absolute Gasteiger partial charge is 0.195 e. The van der Waals surface area contributed by atoms with Gasteiger partial charge in [0.2, 0.25) is 0 Å². The lowest BCUT2D eigenvalue weighted by Gasteiger charge is -2.36. The van der Waals surface area contributed by atoms with Gasteiger partial charge in [0, 0.05) is 78.3 Å². The van der Waals surface area contributed by atoms with E-state index in [1.165, 1.54) is 0 Å². The molecule has 0 bridgehead atoms. The number of hydrogen-bond acceptors (Lipinski definition) is 5. The lowest BCUT2D eigenvalue weighted by molar-refractivity contribution is 0.101. The molecule has 0 saturated carbocycles. The largest absolute Gasteiger partial charge is 0.368 e. The van der Waals surface area contributed by atoms with Crippen LogP contribution in [0.4, 0.5) is 5.69 Å². The van der Waals surface area contributed by atoms with E-state index in [0.29, 0.717) is 16.7 Å². The summed E-state index contributed by atoms with van der Waals surface area (Å²) in [4.78, 5) is 36.3. The van der Waals surface area contributed by atoms with E-state index >= 15 is 0 Å². The number of hydrogen-bond donors (Lipinski definition) is 2. The number of rotatable bonds is 3. The number of anilines is 1. The number of aliphatic imine (C=N–C) groups is 1. The highest BCUT2D eigenvalue weighted by Gasteiger charge is 2.40. The Balaban J connectivity index is 1.74. The number of nitrogens with one attached hydrogen (secondary N) is 2. The van der Waals surface area contributed by atoms with Crippen LogP contribution in [-0.2, 0) is 5.41 Å². The molecule has 3 aromatic rings. The summed E-state index contributed by atoms with van der Waals surface area (Å²) in [7, 11) is 1.75. The zero-order chi connectivity index (χ0) is 22.6. The first kappa shape index (κ1) is 20.6. The molecule has 0 spiro atoms. The Morgan fingerprint density at radius 3 is 2.59 bits per heavy atom. The van der Waals surface area contributed by atoms with Crippen molar-refractivity contribution in [3.05, 3.63) is 63.8 Å². The maximum absolute atomic E-state index is 13.8. The second kappa shape index (κ2) is 7.41. The number of nitrogens with zero attached hydrogens (tertiary/aromatic N) is 2. The Bertz CT molecular complexity index is 1290. The van der Waals surface area contributed by atoms with Crippen LogP contribution in [0.15, 0.2) is 35.3 Å². The number of carbonyl (C=O) groups is 2. The molecule has 6 heteroatoms. The van der Waals surface area contributed by atoms with E-state index in [4.69, 9.17) is 0 Å². The number of fused-ring (bicyclic) bond motifs is 4. The summed E-state index contributed by atoms with van der Waals surface area (Å²) >= 11 is 0. The van der Waals surface area contributed by atoms with Crippen molar-refractivity contribution in [3.63, 3.8) is 0 Å². The number of Topliss-reactive ketones (excluding diaryl/α,β-unsaturated/α-hetero) is 1. The van der Waals surface area contributed by atoms with Gasteiger partial charge in [0.05, 0.1) is 5.56 Å². The summed E-state index contributed by atoms with van der Waals surface area (Å²) in [5.41, 5.74) is 6.30. The van der Waals surface area contributed by atoms with Crippen LogP contribution in [0, 0.1) is 0 Å². The van der Waals surface area contributed by atoms with Crippen molar-refractivity contribution in [2.24, 2.45) is 4.99 Å². The minimum absolute atomic E-state index is 0.0137. The molecule has 0 atom stereocenters. The first-order valence-corrected chi connectivity index (χ1v) is 11.1. The fraction of sp³-hybridized carbons (Fsp3) is 0.346. The van der Waals surface area contributed by atoms with Crippen molar-refractivity contribution in [2.45, 2.75) is 26.2 Å². The minimum Gasteiger partial charge on any atom is -0.368 e. The number of H-pyrrole nitrogens is 1. The van der Waals surface area contributed by atoms with Crippen LogP contribution in [0.2, 0.25) is 0 Å². The topological polar surface area (TPSA) is 77.6 Å².